The van der Waals surface area contributed by atoms with Gasteiger partial charge in [0.2, 0.25) is 0 Å². The molecule has 19 heavy (non-hydrogen) atoms. The summed E-state index contributed by atoms with van der Waals surface area (Å²) in [5, 5.41) is -0.000972. The van der Waals surface area contributed by atoms with Crippen molar-refractivity contribution in [3.8, 4) is 0 Å². The third-order valence-corrected chi connectivity index (χ3v) is 2.34. The minimum atomic E-state index is -7.37. The van der Waals surface area contributed by atoms with E-state index in [2.05, 4.69) is 0 Å². The summed E-state index contributed by atoms with van der Waals surface area (Å²) >= 11 is 0. The van der Waals surface area contributed by atoms with Gasteiger partial charge in [0.15, 0.2) is 0 Å². The van der Waals surface area contributed by atoms with Gasteiger partial charge in [-0.2, -0.15) is 47.9 Å². The summed E-state index contributed by atoms with van der Waals surface area (Å²) in [4.78, 5) is 0. The Hall–Kier alpha value is -0.760. The van der Waals surface area contributed by atoms with Gasteiger partial charge in [-0.25, -0.2) is 0 Å². The number of rotatable bonds is 3. The first-order valence-corrected chi connectivity index (χ1v) is 5.06. The van der Waals surface area contributed by atoms with Crippen LogP contribution in [-0.4, -0.2) is 48.5 Å². The van der Waals surface area contributed by atoms with Crippen LogP contribution in [0.25, 0.3) is 0 Å². The van der Waals surface area contributed by atoms with Crippen molar-refractivity contribution in [2.24, 2.45) is 0 Å². The van der Waals surface area contributed by atoms with E-state index in [1.807, 2.05) is 0 Å². The number of aliphatic hydroxyl groups excluding tert-OH is 1. The summed E-state index contributed by atoms with van der Waals surface area (Å²) in [5.74, 6) is -14.7. The minimum Gasteiger partial charge on any atom is -0.400 e. The van der Waals surface area contributed by atoms with E-state index in [1.54, 1.807) is 0 Å². The van der Waals surface area contributed by atoms with Crippen LogP contribution in [0.4, 0.5) is 39.5 Å². The zero-order valence-electron chi connectivity index (χ0n) is 8.52. The molecule has 0 spiro atoms. The third kappa shape index (κ3) is 3.22. The van der Waals surface area contributed by atoms with Crippen LogP contribution in [0, 0.1) is 0 Å². The Labute approximate surface area is 99.1 Å². The second-order valence-corrected chi connectivity index (χ2v) is 4.10. The molecule has 0 fully saturated rings. The van der Waals surface area contributed by atoms with Crippen molar-refractivity contribution < 1.29 is 57.6 Å². The predicted octanol–water partition coefficient (Wildman–Crippen LogP) is 1.91. The largest absolute Gasteiger partial charge is 0.460 e. The molecular weight excluding hydrogens is 327 g/mol. The zero-order valence-corrected chi connectivity index (χ0v) is 9.34. The first kappa shape index (κ1) is 20.6. The van der Waals surface area contributed by atoms with E-state index in [9.17, 15) is 47.9 Å². The normalized spacial score (nSPS) is 14.7. The van der Waals surface area contributed by atoms with Gasteiger partial charge >= 0.3 is 33.4 Å². The molecule has 14 heteroatoms. The molecule has 0 aromatic carbocycles. The van der Waals surface area contributed by atoms with Crippen LogP contribution in [0.3, 0.4) is 0 Å². The van der Waals surface area contributed by atoms with Crippen molar-refractivity contribution in [3.05, 3.63) is 0 Å². The minimum absolute atomic E-state index is 1.00. The Balaban J connectivity index is 0. The highest BCUT2D eigenvalue weighted by molar-refractivity contribution is 7.87. The van der Waals surface area contributed by atoms with Gasteiger partial charge in [0.05, 0.1) is 0 Å². The number of alkyl halides is 9. The summed E-state index contributed by atoms with van der Waals surface area (Å²) in [6, 6.07) is 0. The molecule has 0 aliphatic heterocycles. The van der Waals surface area contributed by atoms with Crippen molar-refractivity contribution >= 4 is 10.1 Å². The number of hydrogen-bond acceptors (Lipinski definition) is 3. The molecule has 0 unspecified atom stereocenters. The van der Waals surface area contributed by atoms with Crippen molar-refractivity contribution in [1.29, 1.82) is 0 Å². The number of hydrogen-bond donors (Lipinski definition) is 2. The Morgan fingerprint density at radius 3 is 1.16 bits per heavy atom. The molecule has 0 bridgehead atoms. The topological polar surface area (TPSA) is 74.6 Å². The molecule has 0 heterocycles. The van der Waals surface area contributed by atoms with Crippen molar-refractivity contribution in [1.82, 2.24) is 0 Å². The van der Waals surface area contributed by atoms with E-state index in [-0.39, 0.29) is 0 Å². The first-order chi connectivity index (χ1) is 8.00. The maximum absolute atomic E-state index is 12.2. The van der Waals surface area contributed by atoms with Crippen LogP contribution in [-0.2, 0) is 10.1 Å². The molecule has 0 aliphatic carbocycles. The maximum Gasteiger partial charge on any atom is 0.460 e. The molecule has 118 valence electrons. The lowest BCUT2D eigenvalue weighted by atomic mass is 10.1. The first-order valence-electron chi connectivity index (χ1n) is 3.62. The van der Waals surface area contributed by atoms with Gasteiger partial charge in [0, 0.05) is 7.11 Å². The highest BCUT2D eigenvalue weighted by Gasteiger charge is 2.85. The molecule has 0 rings (SSSR count). The average Bonchev–Trinajstić information content (AvgIpc) is 2.16. The lowest BCUT2D eigenvalue weighted by Crippen LogP contribution is -2.63. The van der Waals surface area contributed by atoms with E-state index < -0.39 is 33.4 Å². The third-order valence-electron chi connectivity index (χ3n) is 1.44. The van der Waals surface area contributed by atoms with Gasteiger partial charge in [-0.15, -0.1) is 0 Å². The molecule has 0 saturated heterocycles. The van der Waals surface area contributed by atoms with Gasteiger partial charge < -0.3 is 5.11 Å². The summed E-state index contributed by atoms with van der Waals surface area (Å²) < 4.78 is 134. The molecule has 0 aliphatic rings. The van der Waals surface area contributed by atoms with Gasteiger partial charge in [-0.05, 0) is 0 Å². The second kappa shape index (κ2) is 5.32. The highest BCUT2D eigenvalue weighted by atomic mass is 32.2. The summed E-state index contributed by atoms with van der Waals surface area (Å²) in [7, 11) is -6.17. The SMILES string of the molecule is CO.O=S(=O)(O)C(F)(F)C(F)(F)C(F)(F)C(F)(F)F. The fourth-order valence-corrected chi connectivity index (χ4v) is 0.975. The van der Waals surface area contributed by atoms with Crippen molar-refractivity contribution in [2.75, 3.05) is 7.11 Å². The van der Waals surface area contributed by atoms with E-state index in [0.717, 1.165) is 7.11 Å². The van der Waals surface area contributed by atoms with Gasteiger partial charge in [0.1, 0.15) is 0 Å². The predicted molar refractivity (Wildman–Crippen MR) is 40.6 cm³/mol. The molecular formula is C5H5F9O4S. The van der Waals surface area contributed by atoms with Crippen LogP contribution in [0.15, 0.2) is 0 Å². The Morgan fingerprint density at radius 2 is 1.00 bits per heavy atom. The van der Waals surface area contributed by atoms with E-state index in [4.69, 9.17) is 9.66 Å². The Bertz CT molecular complexity index is 397. The Kier molecular flexibility index (Phi) is 5.75. The standard InChI is InChI=1S/C4HF9O3S.CH4O/c5-1(6,3(9,10)11)2(7,8)4(12,13)17(14,15)16;1-2/h(H,14,15,16);2H,1H3. The molecule has 4 nitrogen and oxygen atoms in total. The van der Waals surface area contributed by atoms with Crippen LogP contribution < -0.4 is 0 Å². The summed E-state index contributed by atoms with van der Waals surface area (Å²) in [6.07, 6.45) is -7.13. The second-order valence-electron chi connectivity index (χ2n) is 2.64. The molecule has 0 aromatic rings. The van der Waals surface area contributed by atoms with E-state index >= 15 is 0 Å². The van der Waals surface area contributed by atoms with Gasteiger partial charge in [-0.3, -0.25) is 4.55 Å². The molecule has 0 radical (unpaired) electrons. The molecule has 0 aromatic heterocycles. The van der Waals surface area contributed by atoms with Crippen LogP contribution in [0.5, 0.6) is 0 Å². The zero-order chi connectivity index (χ0) is 16.5. The van der Waals surface area contributed by atoms with Crippen LogP contribution in [0.2, 0.25) is 0 Å². The number of halogens is 9. The fourth-order valence-electron chi connectivity index (χ4n) is 0.523. The lowest BCUT2D eigenvalue weighted by Gasteiger charge is -2.31. The van der Waals surface area contributed by atoms with Gasteiger partial charge in [-0.1, -0.05) is 0 Å². The van der Waals surface area contributed by atoms with Crippen LogP contribution in [0.1, 0.15) is 0 Å². The Morgan fingerprint density at radius 1 is 0.737 bits per heavy atom. The molecule has 0 atom stereocenters. The fraction of sp³-hybridized carbons (Fsp3) is 1.00. The monoisotopic (exact) mass is 332 g/mol. The van der Waals surface area contributed by atoms with E-state index in [0.29, 0.717) is 0 Å². The lowest BCUT2D eigenvalue weighted by molar-refractivity contribution is -0.382. The maximum atomic E-state index is 12.2. The summed E-state index contributed by atoms with van der Waals surface area (Å²) in [5.41, 5.74) is 0. The quantitative estimate of drug-likeness (QED) is 0.612. The van der Waals surface area contributed by atoms with Gasteiger partial charge in [0.25, 0.3) is 0 Å². The summed E-state index contributed by atoms with van der Waals surface area (Å²) in [6.45, 7) is 0. The molecule has 2 N–H and O–H groups in total. The van der Waals surface area contributed by atoms with Crippen molar-refractivity contribution in [3.63, 3.8) is 0 Å². The van der Waals surface area contributed by atoms with E-state index in [1.165, 1.54) is 0 Å². The highest BCUT2D eigenvalue weighted by Crippen LogP contribution is 2.54. The average molecular weight is 332 g/mol. The smallest absolute Gasteiger partial charge is 0.400 e. The van der Waals surface area contributed by atoms with Crippen molar-refractivity contribution in [2.45, 2.75) is 23.3 Å². The number of aliphatic hydroxyl groups is 1. The van der Waals surface area contributed by atoms with Crippen LogP contribution >= 0.6 is 0 Å². The molecule has 0 saturated carbocycles. The molecule has 0 amide bonds.